The van der Waals surface area contributed by atoms with E-state index >= 15 is 0 Å². The van der Waals surface area contributed by atoms with Crippen LogP contribution in [-0.4, -0.2) is 21.8 Å². The molecule has 1 aromatic heterocycles. The molecular formula is C13H16ClN3O3. The van der Waals surface area contributed by atoms with Crippen LogP contribution in [0.4, 0.5) is 5.69 Å². The Kier molecular flexibility index (Phi) is 3.60. The van der Waals surface area contributed by atoms with Crippen LogP contribution < -0.4 is 5.73 Å². The van der Waals surface area contributed by atoms with Crippen molar-refractivity contribution in [3.63, 3.8) is 0 Å². The molecule has 2 heterocycles. The molecule has 1 aliphatic rings. The Morgan fingerprint density at radius 2 is 2.20 bits per heavy atom. The molecule has 0 bridgehead atoms. The number of anilines is 1. The fourth-order valence-corrected chi connectivity index (χ4v) is 2.03. The van der Waals surface area contributed by atoms with Gasteiger partial charge in [0.15, 0.2) is 11.8 Å². The smallest absolute Gasteiger partial charge is 0.356 e. The van der Waals surface area contributed by atoms with Crippen LogP contribution in [-0.2, 0) is 4.84 Å². The van der Waals surface area contributed by atoms with E-state index in [0.717, 1.165) is 5.71 Å². The van der Waals surface area contributed by atoms with E-state index in [-0.39, 0.29) is 21.8 Å². The van der Waals surface area contributed by atoms with E-state index in [0.29, 0.717) is 12.1 Å². The molecule has 2 rings (SSSR count). The van der Waals surface area contributed by atoms with Gasteiger partial charge in [0.25, 0.3) is 0 Å². The van der Waals surface area contributed by atoms with Crippen molar-refractivity contribution in [1.29, 1.82) is 0 Å². The summed E-state index contributed by atoms with van der Waals surface area (Å²) in [5.41, 5.74) is 6.83. The highest BCUT2D eigenvalue weighted by Gasteiger charge is 2.32. The largest absolute Gasteiger partial charge is 0.476 e. The molecule has 7 heteroatoms. The zero-order valence-electron chi connectivity index (χ0n) is 11.5. The number of nitrogens with zero attached hydrogens (tertiary/aromatic N) is 2. The number of halogens is 1. The van der Waals surface area contributed by atoms with Gasteiger partial charge in [0.1, 0.15) is 0 Å². The molecule has 0 saturated heterocycles. The highest BCUT2D eigenvalue weighted by molar-refractivity contribution is 6.35. The van der Waals surface area contributed by atoms with Gasteiger partial charge < -0.3 is 15.7 Å². The second kappa shape index (κ2) is 4.94. The van der Waals surface area contributed by atoms with E-state index in [9.17, 15) is 4.79 Å². The number of carboxylic acid groups (broad SMARTS) is 1. The molecule has 3 N–H and O–H groups in total. The van der Waals surface area contributed by atoms with Crippen molar-refractivity contribution >= 4 is 29.0 Å². The first-order valence-corrected chi connectivity index (χ1v) is 6.50. The van der Waals surface area contributed by atoms with Gasteiger partial charge in [-0.15, -0.1) is 0 Å². The second-order valence-corrected chi connectivity index (χ2v) is 6.07. The standard InChI is InChI=1S/C13H16ClN3O3/c1-13(2,3)9-5-8(20-17-9)7-4-6(15)10(14)11(16-7)12(18)19/h4,8H,5H2,1-3H3,(H2,15,16)(H,18,19). The van der Waals surface area contributed by atoms with Crippen LogP contribution in [0.1, 0.15) is 49.5 Å². The number of hydrogen-bond acceptors (Lipinski definition) is 5. The molecule has 108 valence electrons. The van der Waals surface area contributed by atoms with Gasteiger partial charge in [-0.25, -0.2) is 9.78 Å². The molecule has 6 nitrogen and oxygen atoms in total. The van der Waals surface area contributed by atoms with E-state index in [1.807, 2.05) is 20.8 Å². The molecule has 0 radical (unpaired) electrons. The summed E-state index contributed by atoms with van der Waals surface area (Å²) in [4.78, 5) is 20.5. The normalized spacial score (nSPS) is 18.6. The second-order valence-electron chi connectivity index (χ2n) is 5.69. The summed E-state index contributed by atoms with van der Waals surface area (Å²) in [5, 5.41) is 13.1. The minimum absolute atomic E-state index is 0.0591. The van der Waals surface area contributed by atoms with Crippen LogP contribution in [0.2, 0.25) is 5.02 Å². The van der Waals surface area contributed by atoms with Crippen LogP contribution in [0, 0.1) is 5.41 Å². The summed E-state index contributed by atoms with van der Waals surface area (Å²) in [7, 11) is 0. The molecule has 0 saturated carbocycles. The molecular weight excluding hydrogens is 282 g/mol. The third-order valence-corrected chi connectivity index (χ3v) is 3.47. The number of aromatic carboxylic acids is 1. The monoisotopic (exact) mass is 297 g/mol. The Hall–Kier alpha value is -1.82. The van der Waals surface area contributed by atoms with Crippen LogP contribution in [0.3, 0.4) is 0 Å². The van der Waals surface area contributed by atoms with Gasteiger partial charge in [0, 0.05) is 11.8 Å². The number of aromatic nitrogens is 1. The number of pyridine rings is 1. The number of carbonyl (C=O) groups is 1. The first-order valence-electron chi connectivity index (χ1n) is 6.12. The van der Waals surface area contributed by atoms with Gasteiger partial charge in [-0.05, 0) is 6.07 Å². The summed E-state index contributed by atoms with van der Waals surface area (Å²) in [6, 6.07) is 1.53. The molecule has 1 atom stereocenters. The van der Waals surface area contributed by atoms with Gasteiger partial charge in [0.2, 0.25) is 0 Å². The van der Waals surface area contributed by atoms with Crippen molar-refractivity contribution in [3.8, 4) is 0 Å². The van der Waals surface area contributed by atoms with Gasteiger partial charge in [-0.2, -0.15) is 0 Å². The quantitative estimate of drug-likeness (QED) is 0.874. The maximum absolute atomic E-state index is 11.1. The topological polar surface area (TPSA) is 97.8 Å². The van der Waals surface area contributed by atoms with E-state index in [1.165, 1.54) is 6.07 Å². The van der Waals surface area contributed by atoms with Crippen molar-refractivity contribution in [2.75, 3.05) is 5.73 Å². The Bertz CT molecular complexity index is 593. The Morgan fingerprint density at radius 1 is 1.55 bits per heavy atom. The highest BCUT2D eigenvalue weighted by Crippen LogP contribution is 2.35. The van der Waals surface area contributed by atoms with Gasteiger partial charge in [0.05, 0.1) is 22.1 Å². The lowest BCUT2D eigenvalue weighted by Crippen LogP contribution is -2.19. The molecule has 1 unspecified atom stereocenters. The van der Waals surface area contributed by atoms with Crippen molar-refractivity contribution < 1.29 is 14.7 Å². The van der Waals surface area contributed by atoms with Crippen LogP contribution in [0.15, 0.2) is 11.2 Å². The maximum Gasteiger partial charge on any atom is 0.356 e. The Labute approximate surface area is 121 Å². The number of nitrogen functional groups attached to an aromatic ring is 1. The van der Waals surface area contributed by atoms with Crippen LogP contribution in [0.25, 0.3) is 0 Å². The number of oxime groups is 1. The fraction of sp³-hybridized carbons (Fsp3) is 0.462. The molecule has 0 spiro atoms. The van der Waals surface area contributed by atoms with Gasteiger partial charge in [-0.1, -0.05) is 37.5 Å². The molecule has 0 aromatic carbocycles. The van der Waals surface area contributed by atoms with E-state index in [1.54, 1.807) is 0 Å². The zero-order chi connectivity index (χ0) is 15.1. The van der Waals surface area contributed by atoms with E-state index in [2.05, 4.69) is 10.1 Å². The highest BCUT2D eigenvalue weighted by atomic mass is 35.5. The summed E-state index contributed by atoms with van der Waals surface area (Å²) in [6.07, 6.45) is 0.123. The third kappa shape index (κ3) is 2.70. The van der Waals surface area contributed by atoms with Crippen molar-refractivity contribution in [3.05, 3.63) is 22.5 Å². The molecule has 0 fully saturated rings. The van der Waals surface area contributed by atoms with Gasteiger partial charge in [-0.3, -0.25) is 0 Å². The summed E-state index contributed by atoms with van der Waals surface area (Å²) in [6.45, 7) is 6.09. The lowest BCUT2D eigenvalue weighted by Gasteiger charge is -2.17. The number of nitrogens with two attached hydrogens (primary N) is 1. The SMILES string of the molecule is CC(C)(C)C1=NOC(c2cc(N)c(Cl)c(C(=O)O)n2)C1. The summed E-state index contributed by atoms with van der Waals surface area (Å²) in [5.74, 6) is -1.22. The predicted molar refractivity (Wildman–Crippen MR) is 76.0 cm³/mol. The summed E-state index contributed by atoms with van der Waals surface area (Å²) >= 11 is 5.83. The van der Waals surface area contributed by atoms with E-state index < -0.39 is 12.1 Å². The van der Waals surface area contributed by atoms with Gasteiger partial charge >= 0.3 is 5.97 Å². The lowest BCUT2D eigenvalue weighted by molar-refractivity contribution is 0.0683. The molecule has 0 aliphatic carbocycles. The minimum atomic E-state index is -1.22. The van der Waals surface area contributed by atoms with Crippen LogP contribution in [0.5, 0.6) is 0 Å². The van der Waals surface area contributed by atoms with Crippen molar-refractivity contribution in [2.45, 2.75) is 33.3 Å². The molecule has 1 aliphatic heterocycles. The number of rotatable bonds is 2. The maximum atomic E-state index is 11.1. The zero-order valence-corrected chi connectivity index (χ0v) is 12.2. The fourth-order valence-electron chi connectivity index (χ4n) is 1.86. The summed E-state index contributed by atoms with van der Waals surface area (Å²) < 4.78 is 0. The predicted octanol–water partition coefficient (Wildman–Crippen LogP) is 2.88. The number of hydrogen-bond donors (Lipinski definition) is 2. The Balaban J connectivity index is 2.31. The minimum Gasteiger partial charge on any atom is -0.476 e. The Morgan fingerprint density at radius 3 is 2.70 bits per heavy atom. The first-order chi connectivity index (χ1) is 9.20. The first kappa shape index (κ1) is 14.6. The average molecular weight is 298 g/mol. The number of carboxylic acids is 1. The van der Waals surface area contributed by atoms with Crippen molar-refractivity contribution in [2.24, 2.45) is 10.6 Å². The molecule has 0 amide bonds. The molecule has 1 aromatic rings. The molecule has 20 heavy (non-hydrogen) atoms. The van der Waals surface area contributed by atoms with E-state index in [4.69, 9.17) is 27.3 Å². The lowest BCUT2D eigenvalue weighted by atomic mass is 9.87. The average Bonchev–Trinajstić information content (AvgIpc) is 2.81. The third-order valence-electron chi connectivity index (χ3n) is 3.07. The van der Waals surface area contributed by atoms with Crippen molar-refractivity contribution in [1.82, 2.24) is 4.98 Å². The van der Waals surface area contributed by atoms with Crippen LogP contribution >= 0.6 is 11.6 Å².